The number of anilines is 1. The van der Waals surface area contributed by atoms with Gasteiger partial charge in [-0.1, -0.05) is 11.2 Å². The molecule has 4 nitrogen and oxygen atoms in total. The van der Waals surface area contributed by atoms with Crippen LogP contribution in [0, 0.1) is 0 Å². The number of nitrogens with one attached hydrogen (secondary N) is 1. The Balaban J connectivity index is 1.60. The number of benzene rings is 1. The molecule has 0 fully saturated rings. The Morgan fingerprint density at radius 2 is 2.29 bits per heavy atom. The fourth-order valence-corrected chi connectivity index (χ4v) is 3.32. The Bertz CT molecular complexity index is 749. The topological polar surface area (TPSA) is 51.0 Å². The predicted molar refractivity (Wildman–Crippen MR) is 83.7 cm³/mol. The van der Waals surface area contributed by atoms with Crippen LogP contribution < -0.4 is 5.32 Å². The number of thiophene rings is 1. The van der Waals surface area contributed by atoms with Gasteiger partial charge < -0.3 is 9.84 Å². The molecule has 4 rings (SSSR count). The van der Waals surface area contributed by atoms with Crippen LogP contribution in [0.15, 0.2) is 40.2 Å². The molecule has 1 aliphatic rings. The van der Waals surface area contributed by atoms with Gasteiger partial charge in [-0.2, -0.15) is 4.98 Å². The summed E-state index contributed by atoms with van der Waals surface area (Å²) in [4.78, 5) is 5.76. The molecule has 106 valence electrons. The minimum absolute atomic E-state index is 0.606. The van der Waals surface area contributed by atoms with Crippen LogP contribution in [0.1, 0.15) is 22.7 Å². The molecule has 3 aromatic rings. The zero-order valence-corrected chi connectivity index (χ0v) is 12.3. The van der Waals surface area contributed by atoms with Crippen LogP contribution in [0.5, 0.6) is 0 Å². The highest BCUT2D eigenvalue weighted by molar-refractivity contribution is 7.09. The molecule has 21 heavy (non-hydrogen) atoms. The molecule has 3 heterocycles. The number of rotatable bonds is 3. The fourth-order valence-electron chi connectivity index (χ4n) is 2.62. The van der Waals surface area contributed by atoms with E-state index in [0.29, 0.717) is 5.89 Å². The Hall–Kier alpha value is -2.14. The lowest BCUT2D eigenvalue weighted by Crippen LogP contribution is -2.11. The monoisotopic (exact) mass is 297 g/mol. The Morgan fingerprint density at radius 1 is 1.29 bits per heavy atom. The third-order valence-corrected chi connectivity index (χ3v) is 4.55. The molecule has 0 saturated heterocycles. The van der Waals surface area contributed by atoms with Gasteiger partial charge in [0.25, 0.3) is 5.89 Å². The van der Waals surface area contributed by atoms with E-state index >= 15 is 0 Å². The first-order chi connectivity index (χ1) is 10.4. The van der Waals surface area contributed by atoms with Crippen molar-refractivity contribution in [3.05, 3.63) is 52.0 Å². The second-order valence-electron chi connectivity index (χ2n) is 5.17. The van der Waals surface area contributed by atoms with Gasteiger partial charge in [-0.25, -0.2) is 0 Å². The number of aromatic nitrogens is 2. The molecule has 0 bridgehead atoms. The highest BCUT2D eigenvalue weighted by Crippen LogP contribution is 2.27. The predicted octanol–water partition coefficient (Wildman–Crippen LogP) is 3.75. The number of hydrogen-bond acceptors (Lipinski definition) is 5. The molecular weight excluding hydrogens is 282 g/mol. The molecule has 1 aromatic carbocycles. The number of fused-ring (bicyclic) bond motifs is 1. The van der Waals surface area contributed by atoms with Crippen molar-refractivity contribution in [1.29, 1.82) is 0 Å². The molecular formula is C16H15N3OS. The third-order valence-electron chi connectivity index (χ3n) is 3.67. The molecule has 5 heteroatoms. The van der Waals surface area contributed by atoms with Crippen LogP contribution in [0.25, 0.3) is 11.5 Å². The molecule has 0 atom stereocenters. The maximum atomic E-state index is 5.41. The van der Waals surface area contributed by atoms with Crippen molar-refractivity contribution in [2.75, 3.05) is 11.9 Å². The van der Waals surface area contributed by atoms with E-state index in [9.17, 15) is 0 Å². The lowest BCUT2D eigenvalue weighted by atomic mass is 10.0. The normalized spacial score (nSPS) is 13.7. The van der Waals surface area contributed by atoms with E-state index in [1.807, 2.05) is 12.1 Å². The van der Waals surface area contributed by atoms with Gasteiger partial charge in [-0.05, 0) is 48.1 Å². The second-order valence-corrected chi connectivity index (χ2v) is 6.21. The minimum atomic E-state index is 0.606. The highest BCUT2D eigenvalue weighted by Gasteiger charge is 2.14. The van der Waals surface area contributed by atoms with Gasteiger partial charge in [0.2, 0.25) is 0 Å². The second kappa shape index (κ2) is 5.33. The Kier molecular flexibility index (Phi) is 3.20. The van der Waals surface area contributed by atoms with Gasteiger partial charge in [-0.3, -0.25) is 0 Å². The number of aryl methyl sites for hydroxylation is 1. The highest BCUT2D eigenvalue weighted by atomic mass is 32.1. The lowest BCUT2D eigenvalue weighted by molar-refractivity contribution is 0.424. The van der Waals surface area contributed by atoms with E-state index in [1.54, 1.807) is 11.3 Å². The SMILES string of the molecule is c1csc(Cc2noc(-c3ccc4c(c3)CCCN4)n2)c1. The lowest BCUT2D eigenvalue weighted by Gasteiger charge is -2.17. The molecule has 0 unspecified atom stereocenters. The summed E-state index contributed by atoms with van der Waals surface area (Å²) >= 11 is 1.71. The van der Waals surface area contributed by atoms with Crippen molar-refractivity contribution in [3.63, 3.8) is 0 Å². The van der Waals surface area contributed by atoms with E-state index in [0.717, 1.165) is 30.8 Å². The molecule has 0 saturated carbocycles. The molecule has 0 spiro atoms. The van der Waals surface area contributed by atoms with Crippen molar-refractivity contribution in [2.45, 2.75) is 19.3 Å². The molecule has 1 aliphatic heterocycles. The molecule has 0 aliphatic carbocycles. The van der Waals surface area contributed by atoms with Gasteiger partial charge in [-0.15, -0.1) is 11.3 Å². The first-order valence-electron chi connectivity index (χ1n) is 7.10. The van der Waals surface area contributed by atoms with Crippen molar-refractivity contribution in [1.82, 2.24) is 10.1 Å². The van der Waals surface area contributed by atoms with E-state index in [1.165, 1.54) is 22.5 Å². The van der Waals surface area contributed by atoms with Crippen molar-refractivity contribution in [3.8, 4) is 11.5 Å². The first kappa shape index (κ1) is 12.6. The molecule has 1 N–H and O–H groups in total. The van der Waals surface area contributed by atoms with Gasteiger partial charge in [0.15, 0.2) is 5.82 Å². The maximum absolute atomic E-state index is 5.41. The van der Waals surface area contributed by atoms with E-state index < -0.39 is 0 Å². The summed E-state index contributed by atoms with van der Waals surface area (Å²) in [6, 6.07) is 10.4. The van der Waals surface area contributed by atoms with E-state index in [-0.39, 0.29) is 0 Å². The molecule has 0 amide bonds. The summed E-state index contributed by atoms with van der Waals surface area (Å²) < 4.78 is 5.41. The largest absolute Gasteiger partial charge is 0.385 e. The Labute approximate surface area is 126 Å². The first-order valence-corrected chi connectivity index (χ1v) is 7.98. The third kappa shape index (κ3) is 2.56. The maximum Gasteiger partial charge on any atom is 0.257 e. The average molecular weight is 297 g/mol. The summed E-state index contributed by atoms with van der Waals surface area (Å²) in [6.07, 6.45) is 3.00. The van der Waals surface area contributed by atoms with Crippen LogP contribution in [0.4, 0.5) is 5.69 Å². The number of nitrogens with zero attached hydrogens (tertiary/aromatic N) is 2. The Morgan fingerprint density at radius 3 is 3.19 bits per heavy atom. The van der Waals surface area contributed by atoms with Gasteiger partial charge >= 0.3 is 0 Å². The number of hydrogen-bond donors (Lipinski definition) is 1. The summed E-state index contributed by atoms with van der Waals surface area (Å²) in [5.74, 6) is 1.35. The summed E-state index contributed by atoms with van der Waals surface area (Å²) in [5, 5.41) is 9.56. The smallest absolute Gasteiger partial charge is 0.257 e. The quantitative estimate of drug-likeness (QED) is 0.800. The summed E-state index contributed by atoms with van der Waals surface area (Å²) in [5.41, 5.74) is 3.56. The van der Waals surface area contributed by atoms with Gasteiger partial charge in [0.1, 0.15) is 0 Å². The van der Waals surface area contributed by atoms with Crippen LogP contribution in [0.3, 0.4) is 0 Å². The minimum Gasteiger partial charge on any atom is -0.385 e. The van der Waals surface area contributed by atoms with E-state index in [4.69, 9.17) is 4.52 Å². The summed E-state index contributed by atoms with van der Waals surface area (Å²) in [7, 11) is 0. The summed E-state index contributed by atoms with van der Waals surface area (Å²) in [6.45, 7) is 1.05. The van der Waals surface area contributed by atoms with E-state index in [2.05, 4.69) is 39.0 Å². The van der Waals surface area contributed by atoms with Crippen molar-refractivity contribution in [2.24, 2.45) is 0 Å². The zero-order chi connectivity index (χ0) is 14.1. The van der Waals surface area contributed by atoms with Crippen LogP contribution in [-0.2, 0) is 12.8 Å². The standard InChI is InChI=1S/C16H15N3OS/c1-3-11-9-12(5-6-14(11)17-7-1)16-18-15(19-20-16)10-13-4-2-8-21-13/h2,4-6,8-9,17H,1,3,7,10H2. The van der Waals surface area contributed by atoms with Crippen molar-refractivity contribution >= 4 is 17.0 Å². The van der Waals surface area contributed by atoms with Crippen LogP contribution in [0.2, 0.25) is 0 Å². The van der Waals surface area contributed by atoms with Crippen LogP contribution >= 0.6 is 11.3 Å². The van der Waals surface area contributed by atoms with Gasteiger partial charge in [0.05, 0.1) is 0 Å². The van der Waals surface area contributed by atoms with Crippen molar-refractivity contribution < 1.29 is 4.52 Å². The average Bonchev–Trinajstić information content (AvgIpc) is 3.19. The molecule has 2 aromatic heterocycles. The zero-order valence-electron chi connectivity index (χ0n) is 11.5. The molecule has 0 radical (unpaired) electrons. The van der Waals surface area contributed by atoms with Gasteiger partial charge in [0, 0.05) is 29.1 Å². The van der Waals surface area contributed by atoms with Crippen LogP contribution in [-0.4, -0.2) is 16.7 Å². The fraction of sp³-hybridized carbons (Fsp3) is 0.250.